The van der Waals surface area contributed by atoms with Crippen molar-refractivity contribution < 1.29 is 0 Å². The Morgan fingerprint density at radius 2 is 0.773 bits per heavy atom. The van der Waals surface area contributed by atoms with Gasteiger partial charge in [0, 0.05) is 0 Å². The maximum absolute atomic E-state index is 2.46. The lowest BCUT2D eigenvalue weighted by Gasteiger charge is -2.48. The second-order valence-corrected chi connectivity index (χ2v) is 20.4. The summed E-state index contributed by atoms with van der Waals surface area (Å²) in [4.78, 5) is 0. The molecule has 2 aromatic rings. The van der Waals surface area contributed by atoms with Crippen molar-refractivity contribution in [2.45, 2.75) is 51.9 Å². The van der Waals surface area contributed by atoms with Gasteiger partial charge in [0.2, 0.25) is 0 Å². The molecule has 2 heteroatoms. The molecule has 0 saturated heterocycles. The van der Waals surface area contributed by atoms with Gasteiger partial charge in [0.25, 0.3) is 0 Å². The van der Waals surface area contributed by atoms with E-state index in [4.69, 9.17) is 0 Å². The van der Waals surface area contributed by atoms with E-state index in [1.807, 2.05) is 0 Å². The third kappa shape index (κ3) is 2.63. The van der Waals surface area contributed by atoms with E-state index in [0.717, 1.165) is 0 Å². The largest absolute Gasteiger partial charge is 0.0850 e. The molecule has 0 heterocycles. The van der Waals surface area contributed by atoms with Crippen LogP contribution in [-0.2, 0) is 0 Å². The molecule has 0 atom stereocenters. The van der Waals surface area contributed by atoms with E-state index in [1.165, 1.54) is 24.2 Å². The standard InChI is InChI=1S/C20H30Si2/c1-5-21(6-2,19-15-11-9-12-16-19)22(7-3,8-4)20-17-13-10-14-18-20/h9-18H,5-8H2,1-4H3. The maximum atomic E-state index is 2.46. The van der Waals surface area contributed by atoms with Gasteiger partial charge in [0.05, 0.1) is 15.2 Å². The number of rotatable bonds is 7. The van der Waals surface area contributed by atoms with Crippen molar-refractivity contribution >= 4 is 25.6 Å². The first-order valence-electron chi connectivity index (χ1n) is 8.81. The zero-order valence-electron chi connectivity index (χ0n) is 14.6. The van der Waals surface area contributed by atoms with Crippen molar-refractivity contribution in [1.82, 2.24) is 0 Å². The van der Waals surface area contributed by atoms with Crippen LogP contribution in [0.3, 0.4) is 0 Å². The van der Waals surface area contributed by atoms with Crippen LogP contribution in [0.15, 0.2) is 60.7 Å². The van der Waals surface area contributed by atoms with Crippen molar-refractivity contribution in [2.75, 3.05) is 0 Å². The summed E-state index contributed by atoms with van der Waals surface area (Å²) in [5, 5.41) is 3.39. The summed E-state index contributed by atoms with van der Waals surface area (Å²) >= 11 is 0. The Balaban J connectivity index is 2.71. The fourth-order valence-corrected chi connectivity index (χ4v) is 25.3. The van der Waals surface area contributed by atoms with Crippen molar-refractivity contribution in [3.8, 4) is 0 Å². The SMILES string of the molecule is CC[Si](CC)(c1ccccc1)[Si](CC)(CC)c1ccccc1. The van der Waals surface area contributed by atoms with Gasteiger partial charge in [-0.1, -0.05) is 123 Å². The Morgan fingerprint density at radius 1 is 0.500 bits per heavy atom. The van der Waals surface area contributed by atoms with Crippen LogP contribution in [0, 0.1) is 0 Å². The second kappa shape index (κ2) is 7.43. The van der Waals surface area contributed by atoms with E-state index in [2.05, 4.69) is 88.4 Å². The van der Waals surface area contributed by atoms with Gasteiger partial charge < -0.3 is 0 Å². The Bertz CT molecular complexity index is 501. The topological polar surface area (TPSA) is 0 Å². The third-order valence-electron chi connectivity index (χ3n) is 5.98. The highest BCUT2D eigenvalue weighted by Gasteiger charge is 2.52. The molecule has 0 radical (unpaired) electrons. The molecule has 118 valence electrons. The first-order valence-corrected chi connectivity index (χ1v) is 14.6. The van der Waals surface area contributed by atoms with Gasteiger partial charge in [-0.3, -0.25) is 0 Å². The molecule has 0 aliphatic rings. The van der Waals surface area contributed by atoms with Gasteiger partial charge in [-0.15, -0.1) is 0 Å². The van der Waals surface area contributed by atoms with Crippen LogP contribution >= 0.6 is 0 Å². The summed E-state index contributed by atoms with van der Waals surface area (Å²) in [7, 11) is -3.00. The summed E-state index contributed by atoms with van der Waals surface area (Å²) in [5.41, 5.74) is 0. The Hall–Kier alpha value is -1.13. The van der Waals surface area contributed by atoms with Crippen LogP contribution < -0.4 is 10.4 Å². The summed E-state index contributed by atoms with van der Waals surface area (Å²) < 4.78 is 0. The molecular formula is C20H30Si2. The van der Waals surface area contributed by atoms with Gasteiger partial charge in [0.15, 0.2) is 0 Å². The minimum atomic E-state index is -1.50. The normalized spacial score (nSPS) is 12.4. The van der Waals surface area contributed by atoms with Gasteiger partial charge in [-0.2, -0.15) is 0 Å². The van der Waals surface area contributed by atoms with E-state index in [1.54, 1.807) is 10.4 Å². The van der Waals surface area contributed by atoms with Crippen LogP contribution in [0.4, 0.5) is 0 Å². The average Bonchev–Trinajstić information content (AvgIpc) is 2.61. The van der Waals surface area contributed by atoms with Gasteiger partial charge in [-0.25, -0.2) is 0 Å². The maximum Gasteiger partial charge on any atom is 0.0850 e. The first kappa shape index (κ1) is 17.2. The van der Waals surface area contributed by atoms with Crippen LogP contribution in [0.25, 0.3) is 0 Å². The van der Waals surface area contributed by atoms with E-state index in [0.29, 0.717) is 0 Å². The number of hydrogen-bond donors (Lipinski definition) is 0. The Kier molecular flexibility index (Phi) is 5.82. The monoisotopic (exact) mass is 326 g/mol. The summed E-state index contributed by atoms with van der Waals surface area (Å²) in [6, 6.07) is 28.5. The smallest absolute Gasteiger partial charge is 0.0677 e. The third-order valence-corrected chi connectivity index (χ3v) is 27.0. The van der Waals surface area contributed by atoms with Gasteiger partial charge in [0.1, 0.15) is 0 Å². The van der Waals surface area contributed by atoms with Gasteiger partial charge >= 0.3 is 0 Å². The molecule has 2 aromatic carbocycles. The predicted molar refractivity (Wildman–Crippen MR) is 106 cm³/mol. The highest BCUT2D eigenvalue weighted by atomic mass is 29.3. The lowest BCUT2D eigenvalue weighted by atomic mass is 10.4. The second-order valence-electron chi connectivity index (χ2n) is 6.31. The van der Waals surface area contributed by atoms with E-state index >= 15 is 0 Å². The molecule has 0 aliphatic carbocycles. The molecule has 22 heavy (non-hydrogen) atoms. The minimum Gasteiger partial charge on any atom is -0.0677 e. The molecule has 0 amide bonds. The molecule has 0 nitrogen and oxygen atoms in total. The van der Waals surface area contributed by atoms with Crippen LogP contribution in [-0.4, -0.2) is 15.2 Å². The van der Waals surface area contributed by atoms with E-state index in [-0.39, 0.29) is 0 Å². The molecule has 0 spiro atoms. The molecule has 2 rings (SSSR count). The van der Waals surface area contributed by atoms with Crippen molar-refractivity contribution in [1.29, 1.82) is 0 Å². The van der Waals surface area contributed by atoms with E-state index in [9.17, 15) is 0 Å². The lowest BCUT2D eigenvalue weighted by Crippen LogP contribution is -2.74. The highest BCUT2D eigenvalue weighted by Crippen LogP contribution is 2.33. The van der Waals surface area contributed by atoms with E-state index < -0.39 is 15.2 Å². The van der Waals surface area contributed by atoms with Crippen molar-refractivity contribution in [2.24, 2.45) is 0 Å². The molecule has 0 aromatic heterocycles. The van der Waals surface area contributed by atoms with Crippen LogP contribution in [0.1, 0.15) is 27.7 Å². The van der Waals surface area contributed by atoms with Crippen molar-refractivity contribution in [3.63, 3.8) is 0 Å². The van der Waals surface area contributed by atoms with Crippen molar-refractivity contribution in [3.05, 3.63) is 60.7 Å². The number of benzene rings is 2. The lowest BCUT2D eigenvalue weighted by molar-refractivity contribution is 1.24. The molecule has 0 unspecified atom stereocenters. The fourth-order valence-electron chi connectivity index (χ4n) is 4.74. The fraction of sp³-hybridized carbons (Fsp3) is 0.400. The molecule has 0 N–H and O–H groups in total. The summed E-state index contributed by atoms with van der Waals surface area (Å²) in [6.45, 7) is 9.83. The molecule has 0 bridgehead atoms. The molecular weight excluding hydrogens is 296 g/mol. The predicted octanol–water partition coefficient (Wildman–Crippen LogP) is 4.86. The minimum absolute atomic E-state index is 1.37. The van der Waals surface area contributed by atoms with Gasteiger partial charge in [-0.05, 0) is 0 Å². The molecule has 0 aliphatic heterocycles. The zero-order chi connectivity index (χ0) is 16.1. The summed E-state index contributed by atoms with van der Waals surface area (Å²) in [6.07, 6.45) is 0. The highest BCUT2D eigenvalue weighted by molar-refractivity contribution is 7.51. The van der Waals surface area contributed by atoms with Crippen LogP contribution in [0.2, 0.25) is 24.2 Å². The zero-order valence-corrected chi connectivity index (χ0v) is 16.6. The number of hydrogen-bond acceptors (Lipinski definition) is 0. The Morgan fingerprint density at radius 3 is 1.00 bits per heavy atom. The molecule has 0 fully saturated rings. The first-order chi connectivity index (χ1) is 10.7. The average molecular weight is 327 g/mol. The Labute approximate surface area is 138 Å². The van der Waals surface area contributed by atoms with Crippen LogP contribution in [0.5, 0.6) is 0 Å². The summed E-state index contributed by atoms with van der Waals surface area (Å²) in [5.74, 6) is 0. The quantitative estimate of drug-likeness (QED) is 0.638. The molecule has 0 saturated carbocycles.